The molecular formula is C13H16N2O6. The van der Waals surface area contributed by atoms with Gasteiger partial charge >= 0.3 is 12.1 Å². The van der Waals surface area contributed by atoms with Gasteiger partial charge in [-0.25, -0.2) is 4.79 Å². The van der Waals surface area contributed by atoms with Gasteiger partial charge in [-0.15, -0.1) is 0 Å². The van der Waals surface area contributed by atoms with E-state index in [9.17, 15) is 19.7 Å². The van der Waals surface area contributed by atoms with Gasteiger partial charge in [-0.1, -0.05) is 6.07 Å². The monoisotopic (exact) mass is 296 g/mol. The van der Waals surface area contributed by atoms with Crippen molar-refractivity contribution in [1.82, 2.24) is 0 Å². The first-order valence-corrected chi connectivity index (χ1v) is 6.07. The van der Waals surface area contributed by atoms with Crippen molar-refractivity contribution in [2.45, 2.75) is 32.8 Å². The van der Waals surface area contributed by atoms with Gasteiger partial charge in [0.1, 0.15) is 11.3 Å². The molecule has 8 heteroatoms. The molecule has 0 unspecified atom stereocenters. The normalized spacial score (nSPS) is 10.8. The number of nitrogens with zero attached hydrogens (tertiary/aromatic N) is 1. The van der Waals surface area contributed by atoms with Gasteiger partial charge in [-0.3, -0.25) is 20.2 Å². The molecule has 0 fully saturated rings. The van der Waals surface area contributed by atoms with Crippen LogP contribution in [-0.4, -0.2) is 27.7 Å². The zero-order chi connectivity index (χ0) is 16.2. The van der Waals surface area contributed by atoms with Crippen molar-refractivity contribution in [3.05, 3.63) is 33.9 Å². The molecule has 21 heavy (non-hydrogen) atoms. The summed E-state index contributed by atoms with van der Waals surface area (Å²) in [5.41, 5.74) is -0.862. The summed E-state index contributed by atoms with van der Waals surface area (Å²) < 4.78 is 5.01. The molecule has 0 atom stereocenters. The lowest BCUT2D eigenvalue weighted by atomic mass is 10.1. The fourth-order valence-electron chi connectivity index (χ4n) is 1.54. The van der Waals surface area contributed by atoms with Crippen LogP contribution < -0.4 is 5.32 Å². The van der Waals surface area contributed by atoms with Crippen molar-refractivity contribution in [1.29, 1.82) is 0 Å². The molecule has 1 rings (SSSR count). The van der Waals surface area contributed by atoms with Crippen molar-refractivity contribution in [2.75, 3.05) is 5.32 Å². The highest BCUT2D eigenvalue weighted by atomic mass is 16.6. The Bertz CT molecular complexity index is 577. The number of hydrogen-bond donors (Lipinski definition) is 2. The van der Waals surface area contributed by atoms with Crippen molar-refractivity contribution < 1.29 is 24.4 Å². The first-order chi connectivity index (χ1) is 9.58. The number of benzene rings is 1. The lowest BCUT2D eigenvalue weighted by Crippen LogP contribution is -2.27. The van der Waals surface area contributed by atoms with Crippen molar-refractivity contribution >= 4 is 23.4 Å². The van der Waals surface area contributed by atoms with E-state index in [1.165, 1.54) is 12.1 Å². The number of nitro groups is 1. The Morgan fingerprint density at radius 1 is 1.38 bits per heavy atom. The predicted octanol–water partition coefficient (Wildman–Crippen LogP) is 2.57. The fraction of sp³-hybridized carbons (Fsp3) is 0.385. The Morgan fingerprint density at radius 3 is 2.48 bits per heavy atom. The summed E-state index contributed by atoms with van der Waals surface area (Å²) in [5, 5.41) is 21.9. The number of carbonyl (C=O) groups excluding carboxylic acids is 1. The Balaban J connectivity index is 3.03. The summed E-state index contributed by atoms with van der Waals surface area (Å²) in [6.45, 7) is 4.96. The maximum Gasteiger partial charge on any atom is 0.412 e. The Morgan fingerprint density at radius 2 is 2.00 bits per heavy atom. The highest BCUT2D eigenvalue weighted by Crippen LogP contribution is 2.26. The smallest absolute Gasteiger partial charge is 0.412 e. The van der Waals surface area contributed by atoms with Gasteiger partial charge in [0, 0.05) is 6.07 Å². The van der Waals surface area contributed by atoms with Gasteiger partial charge in [0.15, 0.2) is 0 Å². The summed E-state index contributed by atoms with van der Waals surface area (Å²) >= 11 is 0. The maximum atomic E-state index is 11.7. The highest BCUT2D eigenvalue weighted by molar-refractivity contribution is 5.88. The van der Waals surface area contributed by atoms with Crippen LogP contribution in [0.15, 0.2) is 18.2 Å². The third kappa shape index (κ3) is 5.47. The molecule has 0 bridgehead atoms. The minimum atomic E-state index is -1.08. The van der Waals surface area contributed by atoms with Gasteiger partial charge in [-0.05, 0) is 32.4 Å². The number of rotatable bonds is 4. The molecule has 1 aromatic carbocycles. The summed E-state index contributed by atoms with van der Waals surface area (Å²) in [6, 6.07) is 3.72. The Kier molecular flexibility index (Phi) is 4.85. The molecule has 0 spiro atoms. The number of carboxylic acids is 1. The molecule has 0 aliphatic carbocycles. The number of hydrogen-bond acceptors (Lipinski definition) is 5. The highest BCUT2D eigenvalue weighted by Gasteiger charge is 2.21. The van der Waals surface area contributed by atoms with E-state index in [0.717, 1.165) is 6.07 Å². The predicted molar refractivity (Wildman–Crippen MR) is 74.3 cm³/mol. The second-order valence-electron chi connectivity index (χ2n) is 5.31. The number of nitro benzene ring substituents is 1. The molecule has 114 valence electrons. The van der Waals surface area contributed by atoms with E-state index in [-0.39, 0.29) is 17.8 Å². The lowest BCUT2D eigenvalue weighted by Gasteiger charge is -2.19. The van der Waals surface area contributed by atoms with Crippen LogP contribution in [0.5, 0.6) is 0 Å². The van der Waals surface area contributed by atoms with Crippen LogP contribution in [0, 0.1) is 10.1 Å². The Labute approximate surface area is 120 Å². The molecule has 0 heterocycles. The maximum absolute atomic E-state index is 11.7. The van der Waals surface area contributed by atoms with Crippen LogP contribution in [0.2, 0.25) is 0 Å². The standard InChI is InChI=1S/C13H16N2O6/c1-13(2,3)21-12(18)14-9-6-8(7-11(16)17)4-5-10(9)15(19)20/h4-6H,7H2,1-3H3,(H,14,18)(H,16,17). The van der Waals surface area contributed by atoms with E-state index < -0.39 is 22.6 Å². The third-order valence-electron chi connectivity index (χ3n) is 2.25. The second-order valence-corrected chi connectivity index (χ2v) is 5.31. The van der Waals surface area contributed by atoms with Crippen LogP contribution in [-0.2, 0) is 16.0 Å². The number of nitrogens with one attached hydrogen (secondary N) is 1. The minimum absolute atomic E-state index is 0.104. The SMILES string of the molecule is CC(C)(C)OC(=O)Nc1cc(CC(=O)O)ccc1[N+](=O)[O-]. The number of aliphatic carboxylic acids is 1. The molecule has 0 saturated heterocycles. The van der Waals surface area contributed by atoms with Crippen molar-refractivity contribution in [2.24, 2.45) is 0 Å². The van der Waals surface area contributed by atoms with Gasteiger partial charge in [0.2, 0.25) is 0 Å². The first-order valence-electron chi connectivity index (χ1n) is 6.07. The average molecular weight is 296 g/mol. The van der Waals surface area contributed by atoms with Gasteiger partial charge in [0.05, 0.1) is 11.3 Å². The van der Waals surface area contributed by atoms with Gasteiger partial charge in [-0.2, -0.15) is 0 Å². The van der Waals surface area contributed by atoms with Gasteiger partial charge < -0.3 is 9.84 Å². The molecule has 2 N–H and O–H groups in total. The second kappa shape index (κ2) is 6.21. The largest absolute Gasteiger partial charge is 0.481 e. The zero-order valence-corrected chi connectivity index (χ0v) is 11.9. The summed E-state index contributed by atoms with van der Waals surface area (Å²) in [7, 11) is 0. The van der Waals surface area contributed by atoms with Crippen LogP contribution in [0.4, 0.5) is 16.2 Å². The summed E-state index contributed by atoms with van der Waals surface area (Å²) in [5.74, 6) is -1.08. The third-order valence-corrected chi connectivity index (χ3v) is 2.25. The Hall–Kier alpha value is -2.64. The molecule has 0 aromatic heterocycles. The molecule has 1 aromatic rings. The van der Waals surface area contributed by atoms with Gasteiger partial charge in [0.25, 0.3) is 5.69 Å². The molecule has 8 nitrogen and oxygen atoms in total. The number of carbonyl (C=O) groups is 2. The number of carboxylic acid groups (broad SMARTS) is 1. The quantitative estimate of drug-likeness (QED) is 0.651. The van der Waals surface area contributed by atoms with E-state index in [1.54, 1.807) is 20.8 Å². The average Bonchev–Trinajstić information content (AvgIpc) is 2.24. The van der Waals surface area contributed by atoms with E-state index in [1.807, 2.05) is 0 Å². The molecular weight excluding hydrogens is 280 g/mol. The molecule has 0 aliphatic rings. The lowest BCUT2D eigenvalue weighted by molar-refractivity contribution is -0.383. The van der Waals surface area contributed by atoms with E-state index >= 15 is 0 Å². The van der Waals surface area contributed by atoms with Crippen molar-refractivity contribution in [3.8, 4) is 0 Å². The van der Waals surface area contributed by atoms with Crippen LogP contribution >= 0.6 is 0 Å². The molecule has 0 aliphatic heterocycles. The topological polar surface area (TPSA) is 119 Å². The molecule has 0 radical (unpaired) electrons. The molecule has 1 amide bonds. The number of amides is 1. The van der Waals surface area contributed by atoms with Crippen LogP contribution in [0.25, 0.3) is 0 Å². The number of ether oxygens (including phenoxy) is 1. The van der Waals surface area contributed by atoms with E-state index in [0.29, 0.717) is 5.56 Å². The van der Waals surface area contributed by atoms with E-state index in [4.69, 9.17) is 9.84 Å². The van der Waals surface area contributed by atoms with Crippen molar-refractivity contribution in [3.63, 3.8) is 0 Å². The van der Waals surface area contributed by atoms with Crippen LogP contribution in [0.3, 0.4) is 0 Å². The summed E-state index contributed by atoms with van der Waals surface area (Å²) in [6.07, 6.45) is -1.15. The first kappa shape index (κ1) is 16.4. The zero-order valence-electron chi connectivity index (χ0n) is 11.9. The molecule has 0 saturated carbocycles. The van der Waals surface area contributed by atoms with E-state index in [2.05, 4.69) is 5.32 Å². The van der Waals surface area contributed by atoms with Crippen LogP contribution in [0.1, 0.15) is 26.3 Å². The summed E-state index contributed by atoms with van der Waals surface area (Å²) in [4.78, 5) is 32.6. The fourth-order valence-corrected chi connectivity index (χ4v) is 1.54. The minimum Gasteiger partial charge on any atom is -0.481 e. The number of anilines is 1.